The lowest BCUT2D eigenvalue weighted by molar-refractivity contribution is 1.18. The lowest BCUT2D eigenvalue weighted by Gasteiger charge is -2.09. The van der Waals surface area contributed by atoms with Gasteiger partial charge in [0.15, 0.2) is 0 Å². The summed E-state index contributed by atoms with van der Waals surface area (Å²) in [6.07, 6.45) is 0. The molecule has 0 atom stereocenters. The van der Waals surface area contributed by atoms with E-state index in [1.807, 2.05) is 11.3 Å². The van der Waals surface area contributed by atoms with Crippen molar-refractivity contribution in [1.29, 1.82) is 0 Å². The quantitative estimate of drug-likeness (QED) is 0.178. The van der Waals surface area contributed by atoms with Crippen LogP contribution in [0.2, 0.25) is 0 Å². The molecule has 0 saturated carbocycles. The first kappa shape index (κ1) is 25.9. The molecule has 12 rings (SSSR count). The molecule has 4 heterocycles. The average Bonchev–Trinajstić information content (AvgIpc) is 3.90. The average molecular weight is 639 g/mol. The van der Waals surface area contributed by atoms with Crippen molar-refractivity contribution >= 4 is 102 Å². The highest BCUT2D eigenvalue weighted by atomic mass is 32.1. The fraction of sp³-hybridized carbons (Fsp3) is 0. The smallest absolute Gasteiger partial charge is 0.0620 e. The van der Waals surface area contributed by atoms with Gasteiger partial charge in [-0.1, -0.05) is 109 Å². The fourth-order valence-electron chi connectivity index (χ4n) is 8.75. The number of benzene rings is 8. The van der Waals surface area contributed by atoms with Crippen LogP contribution in [0.5, 0.6) is 0 Å². The summed E-state index contributed by atoms with van der Waals surface area (Å²) in [6, 6.07) is 58.5. The van der Waals surface area contributed by atoms with Gasteiger partial charge in [0.05, 0.1) is 27.6 Å². The number of nitrogens with zero attached hydrogens (tertiary/aromatic N) is 2. The number of hydrogen-bond donors (Lipinski definition) is 0. The number of rotatable bonds is 2. The number of para-hydroxylation sites is 3. The SMILES string of the molecule is c1ccc(-n2c3ccccc3c3ccc(-c4ccc5c(c4)c4cccc6c7c8ccc9c%10ccccc%10sc9c8ccc7n5c46)cc32)cc1. The van der Waals surface area contributed by atoms with Crippen LogP contribution in [0.15, 0.2) is 158 Å². The zero-order valence-electron chi connectivity index (χ0n) is 26.3. The summed E-state index contributed by atoms with van der Waals surface area (Å²) < 4.78 is 7.63. The molecule has 0 N–H and O–H groups in total. The second-order valence-corrected chi connectivity index (χ2v) is 14.3. The van der Waals surface area contributed by atoms with Gasteiger partial charge in [-0.25, -0.2) is 0 Å². The molecule has 0 fully saturated rings. The number of fused-ring (bicyclic) bond motifs is 15. The van der Waals surface area contributed by atoms with Gasteiger partial charge in [-0.3, -0.25) is 0 Å². The van der Waals surface area contributed by atoms with Crippen LogP contribution in [0.25, 0.3) is 108 Å². The second kappa shape index (κ2) is 9.25. The maximum absolute atomic E-state index is 2.50. The van der Waals surface area contributed by atoms with E-state index in [0.717, 1.165) is 0 Å². The summed E-state index contributed by atoms with van der Waals surface area (Å²) in [6.45, 7) is 0. The lowest BCUT2D eigenvalue weighted by Crippen LogP contribution is -1.93. The zero-order chi connectivity index (χ0) is 31.8. The van der Waals surface area contributed by atoms with E-state index in [-0.39, 0.29) is 0 Å². The summed E-state index contributed by atoms with van der Waals surface area (Å²) in [4.78, 5) is 0. The minimum absolute atomic E-state index is 1.18. The van der Waals surface area contributed by atoms with Gasteiger partial charge in [0.2, 0.25) is 0 Å². The van der Waals surface area contributed by atoms with Crippen LogP contribution >= 0.6 is 11.3 Å². The van der Waals surface area contributed by atoms with E-state index in [9.17, 15) is 0 Å². The van der Waals surface area contributed by atoms with E-state index in [2.05, 4.69) is 167 Å². The molecule has 12 aromatic rings. The van der Waals surface area contributed by atoms with Crippen LogP contribution in [0, 0.1) is 0 Å². The third-order valence-corrected chi connectivity index (χ3v) is 12.1. The van der Waals surface area contributed by atoms with Crippen LogP contribution in [0.1, 0.15) is 0 Å². The standard InChI is InChI=1S/C46H26N2S/c1-2-9-29(10-3-1)47-39-15-6-4-11-30(39)31-19-17-28(26-42(31)47)27-18-23-40-38(25-27)34-13-8-14-37-44-33-20-21-35-32-12-5-7-16-43(32)49-46(35)36(33)22-24-41(44)48(40)45(34)37/h1-26H. The van der Waals surface area contributed by atoms with Gasteiger partial charge in [0.1, 0.15) is 0 Å². The van der Waals surface area contributed by atoms with Crippen molar-refractivity contribution in [3.63, 3.8) is 0 Å². The first-order valence-electron chi connectivity index (χ1n) is 16.9. The largest absolute Gasteiger partial charge is 0.309 e. The van der Waals surface area contributed by atoms with Gasteiger partial charge in [-0.05, 0) is 65.0 Å². The van der Waals surface area contributed by atoms with Crippen LogP contribution in [-0.2, 0) is 0 Å². The number of thiophene rings is 1. The topological polar surface area (TPSA) is 9.34 Å². The van der Waals surface area contributed by atoms with Crippen LogP contribution in [-0.4, -0.2) is 8.97 Å². The Labute approximate surface area is 284 Å². The van der Waals surface area contributed by atoms with Crippen LogP contribution in [0.3, 0.4) is 0 Å². The molecule has 0 aliphatic heterocycles. The molecule has 0 bridgehead atoms. The normalized spacial score (nSPS) is 12.5. The van der Waals surface area contributed by atoms with E-state index in [0.29, 0.717) is 0 Å². The summed E-state index contributed by atoms with van der Waals surface area (Å²) in [5.74, 6) is 0. The maximum atomic E-state index is 2.50. The van der Waals surface area contributed by atoms with Gasteiger partial charge < -0.3 is 8.97 Å². The van der Waals surface area contributed by atoms with Crippen molar-refractivity contribution < 1.29 is 0 Å². The minimum atomic E-state index is 1.18. The summed E-state index contributed by atoms with van der Waals surface area (Å²) >= 11 is 1.91. The van der Waals surface area contributed by atoms with E-state index >= 15 is 0 Å². The Morgan fingerprint density at radius 2 is 1.02 bits per heavy atom. The maximum Gasteiger partial charge on any atom is 0.0620 e. The molecule has 8 aromatic carbocycles. The Morgan fingerprint density at radius 1 is 0.367 bits per heavy atom. The highest BCUT2D eigenvalue weighted by Crippen LogP contribution is 2.46. The van der Waals surface area contributed by atoms with Gasteiger partial charge in [-0.15, -0.1) is 11.3 Å². The van der Waals surface area contributed by atoms with Gasteiger partial charge in [0, 0.05) is 63.6 Å². The second-order valence-electron chi connectivity index (χ2n) is 13.3. The molecule has 0 aliphatic carbocycles. The molecule has 3 heteroatoms. The molecule has 49 heavy (non-hydrogen) atoms. The first-order chi connectivity index (χ1) is 24.3. The summed E-state index contributed by atoms with van der Waals surface area (Å²) in [7, 11) is 0. The Bertz CT molecular complexity index is 3320. The molecule has 0 unspecified atom stereocenters. The van der Waals surface area contributed by atoms with Gasteiger partial charge >= 0.3 is 0 Å². The molecule has 0 radical (unpaired) electrons. The Hall–Kier alpha value is -6.16. The molecule has 226 valence electrons. The highest BCUT2D eigenvalue weighted by molar-refractivity contribution is 7.26. The zero-order valence-corrected chi connectivity index (χ0v) is 27.1. The van der Waals surface area contributed by atoms with E-state index in [4.69, 9.17) is 0 Å². The van der Waals surface area contributed by atoms with Crippen molar-refractivity contribution in [2.45, 2.75) is 0 Å². The van der Waals surface area contributed by atoms with Crippen molar-refractivity contribution in [3.05, 3.63) is 158 Å². The third kappa shape index (κ3) is 3.30. The Kier molecular flexibility index (Phi) is 4.89. The van der Waals surface area contributed by atoms with Crippen molar-refractivity contribution in [2.75, 3.05) is 0 Å². The predicted octanol–water partition coefficient (Wildman–Crippen LogP) is 13.1. The van der Waals surface area contributed by atoms with E-state index in [1.165, 1.54) is 108 Å². The first-order valence-corrected chi connectivity index (χ1v) is 17.7. The number of aromatic nitrogens is 2. The molecule has 0 amide bonds. The van der Waals surface area contributed by atoms with Crippen LogP contribution in [0.4, 0.5) is 0 Å². The molecular formula is C46H26N2S. The lowest BCUT2D eigenvalue weighted by atomic mass is 9.99. The molecule has 4 aromatic heterocycles. The van der Waals surface area contributed by atoms with E-state index in [1.54, 1.807) is 0 Å². The van der Waals surface area contributed by atoms with Crippen molar-refractivity contribution in [1.82, 2.24) is 8.97 Å². The third-order valence-electron chi connectivity index (χ3n) is 10.8. The van der Waals surface area contributed by atoms with Crippen molar-refractivity contribution in [2.24, 2.45) is 0 Å². The predicted molar refractivity (Wildman–Crippen MR) is 211 cm³/mol. The minimum Gasteiger partial charge on any atom is -0.309 e. The van der Waals surface area contributed by atoms with Crippen LogP contribution < -0.4 is 0 Å². The highest BCUT2D eigenvalue weighted by Gasteiger charge is 2.21. The monoisotopic (exact) mass is 638 g/mol. The van der Waals surface area contributed by atoms with Crippen molar-refractivity contribution in [3.8, 4) is 16.8 Å². The molecule has 2 nitrogen and oxygen atoms in total. The van der Waals surface area contributed by atoms with E-state index < -0.39 is 0 Å². The molecular weight excluding hydrogens is 613 g/mol. The summed E-state index contributed by atoms with van der Waals surface area (Å²) in [5.41, 5.74) is 9.93. The van der Waals surface area contributed by atoms with Gasteiger partial charge in [0.25, 0.3) is 0 Å². The fourth-order valence-corrected chi connectivity index (χ4v) is 9.98. The number of hydrogen-bond acceptors (Lipinski definition) is 1. The Morgan fingerprint density at radius 3 is 1.96 bits per heavy atom. The molecule has 0 spiro atoms. The molecule has 0 saturated heterocycles. The van der Waals surface area contributed by atoms with Gasteiger partial charge in [-0.2, -0.15) is 0 Å². The Balaban J connectivity index is 1.10. The molecule has 0 aliphatic rings. The summed E-state index contributed by atoms with van der Waals surface area (Å²) in [5, 5.41) is 13.2.